The molecule has 0 bridgehead atoms. The molecule has 3 rings (SSSR count). The molecule has 0 saturated carbocycles. The van der Waals surface area contributed by atoms with Crippen LogP contribution in [0.4, 0.5) is 4.39 Å². The van der Waals surface area contributed by atoms with Gasteiger partial charge in [0.1, 0.15) is 11.6 Å². The van der Waals surface area contributed by atoms with Gasteiger partial charge >= 0.3 is 0 Å². The second kappa shape index (κ2) is 7.27. The molecule has 0 N–H and O–H groups in total. The predicted molar refractivity (Wildman–Crippen MR) is 90.1 cm³/mol. The second-order valence-corrected chi connectivity index (χ2v) is 6.56. The first kappa shape index (κ1) is 17.5. The standard InChI is InChI=1S/C18H18ClFN2O3/c1-21(11-14-15(19)5-2-6-16(14)20)18(24)12-8-17(23)22(9-12)10-13-4-3-7-25-13/h2-7,12H,8-11H2,1H3. The van der Waals surface area contributed by atoms with Crippen LogP contribution in [-0.4, -0.2) is 35.2 Å². The first-order valence-corrected chi connectivity index (χ1v) is 8.31. The van der Waals surface area contributed by atoms with E-state index in [1.807, 2.05) is 0 Å². The van der Waals surface area contributed by atoms with Gasteiger partial charge in [-0.1, -0.05) is 17.7 Å². The lowest BCUT2D eigenvalue weighted by Crippen LogP contribution is -2.34. The van der Waals surface area contributed by atoms with Crippen LogP contribution in [0.3, 0.4) is 0 Å². The number of likely N-dealkylation sites (tertiary alicyclic amines) is 1. The van der Waals surface area contributed by atoms with Crippen LogP contribution < -0.4 is 0 Å². The lowest BCUT2D eigenvalue weighted by Gasteiger charge is -2.22. The highest BCUT2D eigenvalue weighted by Gasteiger charge is 2.36. The maximum absolute atomic E-state index is 13.9. The van der Waals surface area contributed by atoms with Crippen molar-refractivity contribution >= 4 is 23.4 Å². The predicted octanol–water partition coefficient (Wildman–Crippen LogP) is 3.08. The Bertz CT molecular complexity index is 758. The first-order chi connectivity index (χ1) is 12.0. The highest BCUT2D eigenvalue weighted by Crippen LogP contribution is 2.25. The number of benzene rings is 1. The summed E-state index contributed by atoms with van der Waals surface area (Å²) >= 11 is 6.01. The van der Waals surface area contributed by atoms with Crippen molar-refractivity contribution in [2.24, 2.45) is 5.92 Å². The number of hydrogen-bond acceptors (Lipinski definition) is 3. The van der Waals surface area contributed by atoms with Crippen LogP contribution in [0.25, 0.3) is 0 Å². The first-order valence-electron chi connectivity index (χ1n) is 7.93. The van der Waals surface area contributed by atoms with Crippen LogP contribution >= 0.6 is 11.6 Å². The molecule has 0 spiro atoms. The molecular weight excluding hydrogens is 347 g/mol. The third-order valence-corrected chi connectivity index (χ3v) is 4.68. The molecule has 1 aromatic heterocycles. The van der Waals surface area contributed by atoms with E-state index < -0.39 is 11.7 Å². The molecule has 0 aliphatic carbocycles. The highest BCUT2D eigenvalue weighted by molar-refractivity contribution is 6.31. The van der Waals surface area contributed by atoms with E-state index in [-0.39, 0.29) is 35.4 Å². The van der Waals surface area contributed by atoms with Gasteiger partial charge in [-0.3, -0.25) is 9.59 Å². The average Bonchev–Trinajstić information content (AvgIpc) is 3.21. The molecule has 0 radical (unpaired) electrons. The van der Waals surface area contributed by atoms with E-state index in [0.717, 1.165) is 0 Å². The van der Waals surface area contributed by atoms with E-state index in [2.05, 4.69) is 0 Å². The molecule has 7 heteroatoms. The van der Waals surface area contributed by atoms with Crippen LogP contribution in [-0.2, 0) is 22.7 Å². The fourth-order valence-corrected chi connectivity index (χ4v) is 3.21. The zero-order valence-electron chi connectivity index (χ0n) is 13.7. The maximum atomic E-state index is 13.9. The molecule has 2 aromatic rings. The van der Waals surface area contributed by atoms with Gasteiger partial charge in [-0.05, 0) is 24.3 Å². The van der Waals surface area contributed by atoms with Crippen molar-refractivity contribution in [2.45, 2.75) is 19.5 Å². The van der Waals surface area contributed by atoms with Gasteiger partial charge in [0.05, 0.1) is 18.7 Å². The van der Waals surface area contributed by atoms with Crippen molar-refractivity contribution in [2.75, 3.05) is 13.6 Å². The number of halogens is 2. The molecular formula is C18H18ClFN2O3. The van der Waals surface area contributed by atoms with Crippen molar-refractivity contribution in [1.29, 1.82) is 0 Å². The Morgan fingerprint density at radius 1 is 1.40 bits per heavy atom. The van der Waals surface area contributed by atoms with Crippen molar-refractivity contribution in [3.05, 3.63) is 58.8 Å². The largest absolute Gasteiger partial charge is 0.467 e. The number of carbonyl (C=O) groups excluding carboxylic acids is 2. The molecule has 1 fully saturated rings. The summed E-state index contributed by atoms with van der Waals surface area (Å²) in [6.07, 6.45) is 1.69. The third kappa shape index (κ3) is 3.85. The maximum Gasteiger partial charge on any atom is 0.228 e. The van der Waals surface area contributed by atoms with Crippen molar-refractivity contribution in [1.82, 2.24) is 9.80 Å². The molecule has 1 saturated heterocycles. The fourth-order valence-electron chi connectivity index (χ4n) is 2.99. The van der Waals surface area contributed by atoms with Gasteiger partial charge in [-0.2, -0.15) is 0 Å². The molecule has 2 heterocycles. The van der Waals surface area contributed by atoms with E-state index in [9.17, 15) is 14.0 Å². The molecule has 1 unspecified atom stereocenters. The summed E-state index contributed by atoms with van der Waals surface area (Å²) in [5.74, 6) is -0.512. The fraction of sp³-hybridized carbons (Fsp3) is 0.333. The monoisotopic (exact) mass is 364 g/mol. The minimum absolute atomic E-state index is 0.0627. The number of carbonyl (C=O) groups is 2. The summed E-state index contributed by atoms with van der Waals surface area (Å²) < 4.78 is 19.1. The Hall–Kier alpha value is -2.34. The van der Waals surface area contributed by atoms with Crippen LogP contribution in [0.1, 0.15) is 17.7 Å². The summed E-state index contributed by atoms with van der Waals surface area (Å²) in [6, 6.07) is 7.95. The molecule has 5 nitrogen and oxygen atoms in total. The zero-order chi connectivity index (χ0) is 18.0. The minimum atomic E-state index is -0.450. The summed E-state index contributed by atoms with van der Waals surface area (Å²) in [6.45, 7) is 0.736. The number of amides is 2. The minimum Gasteiger partial charge on any atom is -0.467 e. The van der Waals surface area contributed by atoms with Crippen LogP contribution in [0.15, 0.2) is 41.0 Å². The molecule has 1 aromatic carbocycles. The number of hydrogen-bond donors (Lipinski definition) is 0. The molecule has 2 amide bonds. The normalized spacial score (nSPS) is 17.2. The van der Waals surface area contributed by atoms with Crippen LogP contribution in [0.2, 0.25) is 5.02 Å². The van der Waals surface area contributed by atoms with Crippen molar-refractivity contribution in [3.8, 4) is 0 Å². The zero-order valence-corrected chi connectivity index (χ0v) is 14.5. The van der Waals surface area contributed by atoms with E-state index in [1.54, 1.807) is 36.4 Å². The Kier molecular flexibility index (Phi) is 5.08. The summed E-state index contributed by atoms with van der Waals surface area (Å²) in [7, 11) is 1.59. The van der Waals surface area contributed by atoms with E-state index in [4.69, 9.17) is 16.0 Å². The van der Waals surface area contributed by atoms with Crippen molar-refractivity contribution < 1.29 is 18.4 Å². The lowest BCUT2D eigenvalue weighted by atomic mass is 10.1. The Balaban J connectivity index is 1.64. The van der Waals surface area contributed by atoms with Gasteiger partial charge in [0.2, 0.25) is 11.8 Å². The van der Waals surface area contributed by atoms with Gasteiger partial charge in [-0.15, -0.1) is 0 Å². The molecule has 1 aliphatic heterocycles. The van der Waals surface area contributed by atoms with Crippen LogP contribution in [0.5, 0.6) is 0 Å². The summed E-state index contributed by atoms with van der Waals surface area (Å²) in [4.78, 5) is 27.8. The van der Waals surface area contributed by atoms with E-state index >= 15 is 0 Å². The van der Waals surface area contributed by atoms with Gasteiger partial charge < -0.3 is 14.2 Å². The average molecular weight is 365 g/mol. The van der Waals surface area contributed by atoms with Crippen molar-refractivity contribution in [3.63, 3.8) is 0 Å². The Labute approximate surface area is 150 Å². The number of rotatable bonds is 5. The Morgan fingerprint density at radius 2 is 2.20 bits per heavy atom. The molecule has 1 aliphatic rings. The molecule has 132 valence electrons. The Morgan fingerprint density at radius 3 is 2.88 bits per heavy atom. The SMILES string of the molecule is CN(Cc1c(F)cccc1Cl)C(=O)C1CC(=O)N(Cc2ccco2)C1. The molecule has 25 heavy (non-hydrogen) atoms. The van der Waals surface area contributed by atoms with Gasteiger partial charge in [-0.25, -0.2) is 4.39 Å². The molecule has 1 atom stereocenters. The summed E-state index contributed by atoms with van der Waals surface area (Å²) in [5.41, 5.74) is 0.275. The number of nitrogens with zero attached hydrogens (tertiary/aromatic N) is 2. The number of furan rings is 1. The van der Waals surface area contributed by atoms with Gasteiger partial charge in [0.15, 0.2) is 0 Å². The second-order valence-electron chi connectivity index (χ2n) is 6.15. The highest BCUT2D eigenvalue weighted by atomic mass is 35.5. The third-order valence-electron chi connectivity index (χ3n) is 4.32. The smallest absolute Gasteiger partial charge is 0.228 e. The van der Waals surface area contributed by atoms with E-state index in [0.29, 0.717) is 18.8 Å². The van der Waals surface area contributed by atoms with Gasteiger partial charge in [0.25, 0.3) is 0 Å². The van der Waals surface area contributed by atoms with E-state index in [1.165, 1.54) is 17.0 Å². The lowest BCUT2D eigenvalue weighted by molar-refractivity contribution is -0.135. The quantitative estimate of drug-likeness (QED) is 0.819. The van der Waals surface area contributed by atoms with Crippen LogP contribution in [0, 0.1) is 11.7 Å². The topological polar surface area (TPSA) is 53.8 Å². The van der Waals surface area contributed by atoms with Gasteiger partial charge in [0, 0.05) is 37.1 Å². The summed E-state index contributed by atoms with van der Waals surface area (Å²) in [5, 5.41) is 0.279.